The predicted octanol–water partition coefficient (Wildman–Crippen LogP) is 3.42. The summed E-state index contributed by atoms with van der Waals surface area (Å²) in [5.74, 6) is -2.59. The van der Waals surface area contributed by atoms with Gasteiger partial charge in [0, 0.05) is 47.0 Å². The number of methoxy groups -OCH3 is 1. The van der Waals surface area contributed by atoms with Gasteiger partial charge in [0.25, 0.3) is 5.91 Å². The van der Waals surface area contributed by atoms with Crippen molar-refractivity contribution in [2.45, 2.75) is 30.0 Å². The van der Waals surface area contributed by atoms with Gasteiger partial charge in [-0.2, -0.15) is 0 Å². The van der Waals surface area contributed by atoms with E-state index in [1.165, 1.54) is 25.3 Å². The molecule has 2 heterocycles. The fraction of sp³-hybridized carbons (Fsp3) is 0.409. The maximum absolute atomic E-state index is 15.4. The number of anilines is 1. The number of ether oxygens (including phenoxy) is 1. The first kappa shape index (κ1) is 23.8. The Labute approximate surface area is 199 Å². The van der Waals surface area contributed by atoms with Crippen molar-refractivity contribution in [1.82, 2.24) is 4.90 Å². The lowest BCUT2D eigenvalue weighted by atomic mass is 9.73. The van der Waals surface area contributed by atoms with E-state index < -0.39 is 40.2 Å². The zero-order valence-electron chi connectivity index (χ0n) is 17.6. The van der Waals surface area contributed by atoms with Crippen LogP contribution >= 0.6 is 23.2 Å². The fourth-order valence-electron chi connectivity index (χ4n) is 5.40. The molecule has 176 valence electrons. The van der Waals surface area contributed by atoms with E-state index >= 15 is 4.39 Å². The Morgan fingerprint density at radius 3 is 2.76 bits per heavy atom. The van der Waals surface area contributed by atoms with Gasteiger partial charge in [0.15, 0.2) is 0 Å². The van der Waals surface area contributed by atoms with Crippen LogP contribution in [0.5, 0.6) is 0 Å². The topological polar surface area (TPSA) is 105 Å². The van der Waals surface area contributed by atoms with Crippen molar-refractivity contribution in [3.05, 3.63) is 73.5 Å². The average molecular weight is 498 g/mol. The molecule has 1 fully saturated rings. The summed E-state index contributed by atoms with van der Waals surface area (Å²) in [4.78, 5) is 27.4. The minimum Gasteiger partial charge on any atom is -0.396 e. The number of nitrogens with zero attached hydrogens (tertiary/aromatic N) is 2. The van der Waals surface area contributed by atoms with Gasteiger partial charge in [-0.15, -0.1) is 0 Å². The summed E-state index contributed by atoms with van der Waals surface area (Å²) < 4.78 is 20.6. The molecule has 4 rings (SSSR count). The van der Waals surface area contributed by atoms with E-state index in [4.69, 9.17) is 27.9 Å². The van der Waals surface area contributed by atoms with Crippen LogP contribution in [0.4, 0.5) is 10.1 Å². The maximum atomic E-state index is 15.4. The van der Waals surface area contributed by atoms with Gasteiger partial charge in [0.1, 0.15) is 11.4 Å². The number of aliphatic hydroxyl groups is 1. The second-order valence-corrected chi connectivity index (χ2v) is 8.92. The van der Waals surface area contributed by atoms with Crippen LogP contribution in [0.1, 0.15) is 23.5 Å². The summed E-state index contributed by atoms with van der Waals surface area (Å²) in [5.41, 5.74) is -0.828. The number of rotatable bonds is 7. The highest BCUT2D eigenvalue weighted by Gasteiger charge is 2.71. The highest BCUT2D eigenvalue weighted by molar-refractivity contribution is 6.31. The van der Waals surface area contributed by atoms with E-state index in [1.807, 2.05) is 0 Å². The minimum absolute atomic E-state index is 0.00595. The number of carbonyl (C=O) groups is 1. The fourth-order valence-corrected chi connectivity index (χ4v) is 5.76. The van der Waals surface area contributed by atoms with Crippen molar-refractivity contribution in [2.75, 3.05) is 32.2 Å². The third-order valence-electron chi connectivity index (χ3n) is 6.55. The summed E-state index contributed by atoms with van der Waals surface area (Å²) in [7, 11) is 1.48. The van der Waals surface area contributed by atoms with Crippen LogP contribution in [0.2, 0.25) is 10.0 Å². The Kier molecular flexibility index (Phi) is 6.61. The van der Waals surface area contributed by atoms with E-state index in [0.717, 1.165) is 0 Å². The molecule has 0 radical (unpaired) electrons. The molecule has 2 aliphatic rings. The van der Waals surface area contributed by atoms with Crippen LogP contribution in [0.3, 0.4) is 0 Å². The average Bonchev–Trinajstić information content (AvgIpc) is 3.21. The first-order chi connectivity index (χ1) is 15.8. The number of amides is 1. The molecular weight excluding hydrogens is 476 g/mol. The van der Waals surface area contributed by atoms with E-state index in [1.54, 1.807) is 23.1 Å². The quantitative estimate of drug-likeness (QED) is 0.448. The van der Waals surface area contributed by atoms with E-state index in [2.05, 4.69) is 5.32 Å². The van der Waals surface area contributed by atoms with Gasteiger partial charge in [0.2, 0.25) is 6.04 Å². The van der Waals surface area contributed by atoms with Crippen molar-refractivity contribution in [3.8, 4) is 0 Å². The van der Waals surface area contributed by atoms with Gasteiger partial charge in [-0.05, 0) is 24.6 Å². The number of likely N-dealkylation sites (tertiary alicyclic amines) is 1. The monoisotopic (exact) mass is 497 g/mol. The molecule has 11 heteroatoms. The number of hydrogen-bond donors (Lipinski definition) is 2. The van der Waals surface area contributed by atoms with Crippen molar-refractivity contribution in [2.24, 2.45) is 0 Å². The number of benzene rings is 2. The van der Waals surface area contributed by atoms with Gasteiger partial charge in [0.05, 0.1) is 23.6 Å². The van der Waals surface area contributed by atoms with Crippen LogP contribution in [-0.4, -0.2) is 59.8 Å². The Hall–Kier alpha value is -2.30. The molecule has 0 aromatic heterocycles. The number of halogens is 3. The third-order valence-corrected chi connectivity index (χ3v) is 7.07. The number of nitrogens with one attached hydrogen (secondary N) is 1. The summed E-state index contributed by atoms with van der Waals surface area (Å²) >= 11 is 12.2. The van der Waals surface area contributed by atoms with Crippen molar-refractivity contribution < 1.29 is 24.0 Å². The molecule has 1 saturated heterocycles. The summed E-state index contributed by atoms with van der Waals surface area (Å²) in [6.45, 7) is -0.0524. The Bertz CT molecular complexity index is 1100. The third kappa shape index (κ3) is 3.59. The van der Waals surface area contributed by atoms with Crippen molar-refractivity contribution in [3.63, 3.8) is 0 Å². The molecule has 2 N–H and O–H groups in total. The van der Waals surface area contributed by atoms with Gasteiger partial charge in [-0.25, -0.2) is 4.39 Å². The van der Waals surface area contributed by atoms with E-state index in [-0.39, 0.29) is 36.8 Å². The highest BCUT2D eigenvalue weighted by Crippen LogP contribution is 2.58. The molecule has 0 aliphatic carbocycles. The lowest BCUT2D eigenvalue weighted by Crippen LogP contribution is -2.53. The SMILES string of the molecule is COCCN1[C@@H](CCO)[C@@H]([N+](=O)[O-])[C@H](c2cccc(Cl)c2F)[C@]12C(=O)Nc1cc(Cl)ccc12. The normalized spacial score (nSPS) is 26.6. The smallest absolute Gasteiger partial charge is 0.250 e. The van der Waals surface area contributed by atoms with Crippen LogP contribution in [0, 0.1) is 15.9 Å². The van der Waals surface area contributed by atoms with Gasteiger partial charge >= 0.3 is 0 Å². The molecule has 0 saturated carbocycles. The van der Waals surface area contributed by atoms with Crippen LogP contribution in [-0.2, 0) is 15.1 Å². The van der Waals surface area contributed by atoms with Gasteiger partial charge in [-0.3, -0.25) is 19.8 Å². The first-order valence-corrected chi connectivity index (χ1v) is 11.1. The molecule has 2 aromatic carbocycles. The molecule has 0 unspecified atom stereocenters. The lowest BCUT2D eigenvalue weighted by molar-refractivity contribution is -0.528. The van der Waals surface area contributed by atoms with Crippen LogP contribution in [0.25, 0.3) is 0 Å². The molecule has 33 heavy (non-hydrogen) atoms. The lowest BCUT2D eigenvalue weighted by Gasteiger charge is -2.38. The Morgan fingerprint density at radius 1 is 1.33 bits per heavy atom. The highest BCUT2D eigenvalue weighted by atomic mass is 35.5. The molecule has 2 aromatic rings. The number of aliphatic hydroxyl groups excluding tert-OH is 1. The maximum Gasteiger partial charge on any atom is 0.250 e. The minimum atomic E-state index is -1.64. The molecule has 1 spiro atoms. The Balaban J connectivity index is 2.07. The predicted molar refractivity (Wildman–Crippen MR) is 121 cm³/mol. The Morgan fingerprint density at radius 2 is 2.09 bits per heavy atom. The summed E-state index contributed by atoms with van der Waals surface area (Å²) in [6, 6.07) is 6.75. The van der Waals surface area contributed by atoms with Crippen LogP contribution in [0.15, 0.2) is 36.4 Å². The zero-order chi connectivity index (χ0) is 23.9. The van der Waals surface area contributed by atoms with E-state index in [0.29, 0.717) is 16.3 Å². The second kappa shape index (κ2) is 9.15. The zero-order valence-corrected chi connectivity index (χ0v) is 19.1. The summed E-state index contributed by atoms with van der Waals surface area (Å²) in [6.07, 6.45) is 0.00595. The van der Waals surface area contributed by atoms with Crippen molar-refractivity contribution >= 4 is 34.8 Å². The molecule has 0 bridgehead atoms. The summed E-state index contributed by atoms with van der Waals surface area (Å²) in [5, 5.41) is 25.2. The molecule has 8 nitrogen and oxygen atoms in total. The molecule has 4 atom stereocenters. The van der Waals surface area contributed by atoms with Crippen LogP contribution < -0.4 is 5.32 Å². The standard InChI is InChI=1S/C22H22Cl2FN3O5/c1-33-10-8-27-17(7-9-29)20(28(31)32)18(13-3-2-4-15(24)19(13)25)22(27)14-6-5-12(23)11-16(14)26-21(22)30/h2-6,11,17-18,20,29H,7-10H2,1H3,(H,26,30)/t17-,18-,20+,22+/m0/s1. The number of nitro groups is 1. The van der Waals surface area contributed by atoms with E-state index in [9.17, 15) is 20.0 Å². The number of carbonyl (C=O) groups excluding carboxylic acids is 1. The molecular formula is C22H22Cl2FN3O5. The molecule has 2 aliphatic heterocycles. The first-order valence-electron chi connectivity index (χ1n) is 10.3. The number of hydrogen-bond acceptors (Lipinski definition) is 6. The van der Waals surface area contributed by atoms with Gasteiger partial charge in [-0.1, -0.05) is 41.4 Å². The van der Waals surface area contributed by atoms with Gasteiger partial charge < -0.3 is 15.2 Å². The molecule has 1 amide bonds. The second-order valence-electron chi connectivity index (χ2n) is 8.07. The largest absolute Gasteiger partial charge is 0.396 e. The van der Waals surface area contributed by atoms with Crippen molar-refractivity contribution in [1.29, 1.82) is 0 Å². The number of fused-ring (bicyclic) bond motifs is 2.